The predicted octanol–water partition coefficient (Wildman–Crippen LogP) is 3.94. The van der Waals surface area contributed by atoms with E-state index in [0.717, 1.165) is 35.8 Å². The number of carbonyl (C=O) groups is 2. The third kappa shape index (κ3) is 8.21. The molecule has 0 radical (unpaired) electrons. The van der Waals surface area contributed by atoms with Crippen molar-refractivity contribution >= 4 is 27.5 Å². The molecule has 0 spiro atoms. The van der Waals surface area contributed by atoms with Crippen LogP contribution in [-0.4, -0.2) is 50.5 Å². The van der Waals surface area contributed by atoms with Crippen molar-refractivity contribution in [2.75, 3.05) is 23.7 Å². The number of hydrogen-bond donors (Lipinski definition) is 1. The van der Waals surface area contributed by atoms with Gasteiger partial charge in [0.15, 0.2) is 0 Å². The summed E-state index contributed by atoms with van der Waals surface area (Å²) in [5.41, 5.74) is -0.946. The number of halogens is 4. The molecule has 198 valence electrons. The van der Waals surface area contributed by atoms with E-state index in [-0.39, 0.29) is 12.2 Å². The van der Waals surface area contributed by atoms with E-state index in [0.29, 0.717) is 28.9 Å². The maximum Gasteiger partial charge on any atom is 0.416 e. The fraction of sp³-hybridized carbons (Fsp3) is 0.417. The fourth-order valence-corrected chi connectivity index (χ4v) is 4.20. The Balaban J connectivity index is 2.39. The van der Waals surface area contributed by atoms with Crippen LogP contribution in [0.2, 0.25) is 0 Å². The van der Waals surface area contributed by atoms with Crippen molar-refractivity contribution in [2.45, 2.75) is 45.5 Å². The van der Waals surface area contributed by atoms with Crippen LogP contribution in [0, 0.1) is 5.82 Å². The van der Waals surface area contributed by atoms with E-state index in [1.807, 2.05) is 6.92 Å². The van der Waals surface area contributed by atoms with E-state index >= 15 is 0 Å². The van der Waals surface area contributed by atoms with Gasteiger partial charge >= 0.3 is 6.18 Å². The molecule has 1 unspecified atom stereocenters. The van der Waals surface area contributed by atoms with Crippen LogP contribution in [0.3, 0.4) is 0 Å². The lowest BCUT2D eigenvalue weighted by Crippen LogP contribution is -2.51. The zero-order chi connectivity index (χ0) is 27.1. The Kier molecular flexibility index (Phi) is 9.85. The number of hydrogen-bond acceptors (Lipinski definition) is 4. The van der Waals surface area contributed by atoms with Crippen LogP contribution in [0.25, 0.3) is 0 Å². The molecular formula is C24H29F4N3O4S. The molecule has 7 nitrogen and oxygen atoms in total. The van der Waals surface area contributed by atoms with Crippen molar-refractivity contribution in [1.29, 1.82) is 0 Å². The smallest absolute Gasteiger partial charge is 0.354 e. The van der Waals surface area contributed by atoms with Gasteiger partial charge in [-0.05, 0) is 49.2 Å². The molecule has 0 saturated heterocycles. The molecule has 0 aliphatic heterocycles. The number of nitrogens with one attached hydrogen (secondary N) is 1. The molecule has 2 rings (SSSR count). The van der Waals surface area contributed by atoms with Gasteiger partial charge in [0.25, 0.3) is 0 Å². The largest absolute Gasteiger partial charge is 0.416 e. The van der Waals surface area contributed by atoms with Crippen molar-refractivity contribution in [1.82, 2.24) is 10.2 Å². The number of nitrogens with zero attached hydrogens (tertiary/aromatic N) is 2. The van der Waals surface area contributed by atoms with E-state index in [1.165, 1.54) is 31.2 Å². The monoisotopic (exact) mass is 531 g/mol. The molecule has 0 heterocycles. The highest BCUT2D eigenvalue weighted by atomic mass is 32.2. The maximum atomic E-state index is 13.4. The summed E-state index contributed by atoms with van der Waals surface area (Å²) in [5, 5.41) is 2.70. The molecule has 1 N–H and O–H groups in total. The Bertz CT molecular complexity index is 1150. The normalized spacial score (nSPS) is 12.6. The molecule has 0 fully saturated rings. The van der Waals surface area contributed by atoms with Crippen LogP contribution < -0.4 is 9.62 Å². The van der Waals surface area contributed by atoms with Gasteiger partial charge in [0.05, 0.1) is 17.5 Å². The van der Waals surface area contributed by atoms with E-state index in [9.17, 15) is 35.6 Å². The number of carbonyl (C=O) groups excluding carboxylic acids is 2. The quantitative estimate of drug-likeness (QED) is 0.352. The second-order valence-electron chi connectivity index (χ2n) is 8.29. The van der Waals surface area contributed by atoms with Gasteiger partial charge in [-0.3, -0.25) is 13.9 Å². The average Bonchev–Trinajstić information content (AvgIpc) is 2.80. The van der Waals surface area contributed by atoms with Crippen LogP contribution in [0.1, 0.15) is 37.8 Å². The van der Waals surface area contributed by atoms with Crippen molar-refractivity contribution in [3.05, 3.63) is 65.5 Å². The Hall–Kier alpha value is -3.15. The summed E-state index contributed by atoms with van der Waals surface area (Å²) in [4.78, 5) is 27.2. The zero-order valence-corrected chi connectivity index (χ0v) is 21.0. The highest BCUT2D eigenvalue weighted by Gasteiger charge is 2.33. The Morgan fingerprint density at radius 3 is 2.28 bits per heavy atom. The van der Waals surface area contributed by atoms with E-state index in [4.69, 9.17) is 0 Å². The predicted molar refractivity (Wildman–Crippen MR) is 128 cm³/mol. The lowest BCUT2D eigenvalue weighted by Gasteiger charge is -2.31. The molecule has 2 aromatic rings. The highest BCUT2D eigenvalue weighted by molar-refractivity contribution is 7.92. The van der Waals surface area contributed by atoms with Gasteiger partial charge in [0.2, 0.25) is 21.8 Å². The second kappa shape index (κ2) is 12.2. The van der Waals surface area contributed by atoms with Crippen LogP contribution in [-0.2, 0) is 32.3 Å². The average molecular weight is 532 g/mol. The number of benzene rings is 2. The Morgan fingerprint density at radius 1 is 1.08 bits per heavy atom. The topological polar surface area (TPSA) is 86.8 Å². The molecule has 0 aromatic heterocycles. The maximum absolute atomic E-state index is 13.4. The van der Waals surface area contributed by atoms with Gasteiger partial charge in [-0.15, -0.1) is 0 Å². The van der Waals surface area contributed by atoms with E-state index in [1.54, 1.807) is 0 Å². The van der Waals surface area contributed by atoms with Crippen LogP contribution in [0.5, 0.6) is 0 Å². The molecule has 1 atom stereocenters. The zero-order valence-electron chi connectivity index (χ0n) is 20.2. The van der Waals surface area contributed by atoms with Gasteiger partial charge in [-0.25, -0.2) is 12.8 Å². The summed E-state index contributed by atoms with van der Waals surface area (Å²) < 4.78 is 78.5. The van der Waals surface area contributed by atoms with E-state index in [2.05, 4.69) is 5.32 Å². The second-order valence-corrected chi connectivity index (χ2v) is 10.2. The van der Waals surface area contributed by atoms with Crippen LogP contribution in [0.4, 0.5) is 23.2 Å². The first-order chi connectivity index (χ1) is 16.7. The highest BCUT2D eigenvalue weighted by Crippen LogP contribution is 2.32. The number of sulfonamides is 1. The molecule has 0 saturated carbocycles. The number of unbranched alkanes of at least 4 members (excludes halogenated alkanes) is 1. The molecule has 0 aliphatic carbocycles. The standard InChI is InChI=1S/C24H29F4N3O4S/c1-4-5-13-29-23(33)17(2)30(15-18-9-11-20(25)12-10-18)22(32)16-31(36(3,34)35)21-8-6-7-19(14-21)24(26,27)28/h6-12,14,17H,4-5,13,15-16H2,1-3H3,(H,29,33). The van der Waals surface area contributed by atoms with Gasteiger partial charge in [-0.1, -0.05) is 31.5 Å². The Labute approximate surface area is 208 Å². The van der Waals surface area contributed by atoms with Crippen LogP contribution >= 0.6 is 0 Å². The lowest BCUT2D eigenvalue weighted by molar-refractivity contribution is -0.139. The summed E-state index contributed by atoms with van der Waals surface area (Å²) in [6.07, 6.45) is -2.41. The summed E-state index contributed by atoms with van der Waals surface area (Å²) in [6, 6.07) is 7.76. The Morgan fingerprint density at radius 2 is 1.72 bits per heavy atom. The number of rotatable bonds is 11. The molecule has 2 amide bonds. The minimum atomic E-state index is -4.72. The van der Waals surface area contributed by atoms with Crippen molar-refractivity contribution in [3.8, 4) is 0 Å². The molecule has 12 heteroatoms. The number of alkyl halides is 3. The summed E-state index contributed by atoms with van der Waals surface area (Å²) >= 11 is 0. The third-order valence-corrected chi connectivity index (χ3v) is 6.54. The molecule has 2 aromatic carbocycles. The number of amides is 2. The molecule has 0 bridgehead atoms. The van der Waals surface area contributed by atoms with Gasteiger partial charge in [0, 0.05) is 13.1 Å². The molecule has 0 aliphatic rings. The fourth-order valence-electron chi connectivity index (χ4n) is 3.36. The first-order valence-corrected chi connectivity index (χ1v) is 13.1. The van der Waals surface area contributed by atoms with Gasteiger partial charge < -0.3 is 10.2 Å². The minimum Gasteiger partial charge on any atom is -0.354 e. The lowest BCUT2D eigenvalue weighted by atomic mass is 10.1. The summed E-state index contributed by atoms with van der Waals surface area (Å²) in [6.45, 7) is 2.78. The first-order valence-electron chi connectivity index (χ1n) is 11.2. The molecular weight excluding hydrogens is 502 g/mol. The summed E-state index contributed by atoms with van der Waals surface area (Å²) in [7, 11) is -4.18. The van der Waals surface area contributed by atoms with Crippen molar-refractivity contribution in [3.63, 3.8) is 0 Å². The SMILES string of the molecule is CCCCNC(=O)C(C)N(Cc1ccc(F)cc1)C(=O)CN(c1cccc(C(F)(F)F)c1)S(C)(=O)=O. The summed E-state index contributed by atoms with van der Waals surface area (Å²) in [5.74, 6) is -1.81. The molecule has 36 heavy (non-hydrogen) atoms. The van der Waals surface area contributed by atoms with Crippen LogP contribution in [0.15, 0.2) is 48.5 Å². The minimum absolute atomic E-state index is 0.151. The first kappa shape index (κ1) is 29.1. The van der Waals surface area contributed by atoms with E-state index < -0.39 is 52.0 Å². The van der Waals surface area contributed by atoms with Crippen molar-refractivity contribution < 1.29 is 35.6 Å². The van der Waals surface area contributed by atoms with Gasteiger partial charge in [-0.2, -0.15) is 13.2 Å². The third-order valence-electron chi connectivity index (χ3n) is 5.40. The van der Waals surface area contributed by atoms with Crippen molar-refractivity contribution in [2.24, 2.45) is 0 Å². The number of anilines is 1. The van der Waals surface area contributed by atoms with Gasteiger partial charge in [0.1, 0.15) is 18.4 Å².